The Hall–Kier alpha value is -3.74. The standard InChI is InChI=1S/C22H21N3O4/c1-13-4-3-5-17(10-13)16-8-6-15(7-9-16)11-18-24-14(2)21(28)20(25-18)22(29)23-12-19(26)27/h3-10,28H,11-12H2,1-2H3,(H,23,29)(H,26,27). The van der Waals surface area contributed by atoms with E-state index < -0.39 is 18.4 Å². The van der Waals surface area contributed by atoms with Gasteiger partial charge in [0.05, 0.1) is 5.69 Å². The first-order chi connectivity index (χ1) is 13.8. The Morgan fingerprint density at radius 3 is 2.38 bits per heavy atom. The van der Waals surface area contributed by atoms with Crippen LogP contribution in [-0.2, 0) is 11.2 Å². The number of carbonyl (C=O) groups excluding carboxylic acids is 1. The van der Waals surface area contributed by atoms with Gasteiger partial charge >= 0.3 is 5.97 Å². The summed E-state index contributed by atoms with van der Waals surface area (Å²) in [5.74, 6) is -1.93. The van der Waals surface area contributed by atoms with Crippen LogP contribution >= 0.6 is 0 Å². The summed E-state index contributed by atoms with van der Waals surface area (Å²) in [4.78, 5) is 31.1. The average Bonchev–Trinajstić information content (AvgIpc) is 2.69. The molecular weight excluding hydrogens is 370 g/mol. The van der Waals surface area contributed by atoms with E-state index in [4.69, 9.17) is 5.11 Å². The van der Waals surface area contributed by atoms with Crippen LogP contribution in [0.3, 0.4) is 0 Å². The minimum absolute atomic E-state index is 0.231. The predicted molar refractivity (Wildman–Crippen MR) is 108 cm³/mol. The Morgan fingerprint density at radius 1 is 1.00 bits per heavy atom. The normalized spacial score (nSPS) is 10.6. The molecule has 2 aromatic carbocycles. The maximum atomic E-state index is 12.1. The summed E-state index contributed by atoms with van der Waals surface area (Å²) in [5, 5.41) is 21.0. The molecule has 7 heteroatoms. The number of hydrogen-bond donors (Lipinski definition) is 3. The quantitative estimate of drug-likeness (QED) is 0.596. The molecule has 1 amide bonds. The summed E-state index contributed by atoms with van der Waals surface area (Å²) >= 11 is 0. The van der Waals surface area contributed by atoms with E-state index >= 15 is 0 Å². The zero-order valence-electron chi connectivity index (χ0n) is 16.1. The van der Waals surface area contributed by atoms with Gasteiger partial charge in [0.15, 0.2) is 11.4 Å². The van der Waals surface area contributed by atoms with Crippen molar-refractivity contribution >= 4 is 11.9 Å². The van der Waals surface area contributed by atoms with Crippen molar-refractivity contribution in [1.82, 2.24) is 15.3 Å². The highest BCUT2D eigenvalue weighted by atomic mass is 16.4. The van der Waals surface area contributed by atoms with Gasteiger partial charge in [-0.15, -0.1) is 0 Å². The lowest BCUT2D eigenvalue weighted by Crippen LogP contribution is -2.30. The van der Waals surface area contributed by atoms with E-state index in [-0.39, 0.29) is 17.1 Å². The lowest BCUT2D eigenvalue weighted by atomic mass is 10.0. The molecule has 0 saturated heterocycles. The van der Waals surface area contributed by atoms with Gasteiger partial charge in [0, 0.05) is 6.42 Å². The second kappa shape index (κ2) is 8.52. The highest BCUT2D eigenvalue weighted by Crippen LogP contribution is 2.23. The van der Waals surface area contributed by atoms with E-state index in [2.05, 4.69) is 27.4 Å². The van der Waals surface area contributed by atoms with E-state index in [9.17, 15) is 14.7 Å². The van der Waals surface area contributed by atoms with Gasteiger partial charge in [0.25, 0.3) is 5.91 Å². The molecule has 0 atom stereocenters. The monoisotopic (exact) mass is 391 g/mol. The number of amides is 1. The number of aromatic nitrogens is 2. The number of aliphatic carboxylic acids is 1. The Labute approximate surface area is 168 Å². The van der Waals surface area contributed by atoms with E-state index in [0.29, 0.717) is 12.2 Å². The molecule has 0 bridgehead atoms. The largest absolute Gasteiger partial charge is 0.504 e. The van der Waals surface area contributed by atoms with Crippen molar-refractivity contribution in [1.29, 1.82) is 0 Å². The summed E-state index contributed by atoms with van der Waals surface area (Å²) in [6.07, 6.45) is 0.369. The van der Waals surface area contributed by atoms with Crippen LogP contribution < -0.4 is 5.32 Å². The molecule has 1 heterocycles. The van der Waals surface area contributed by atoms with E-state index in [1.807, 2.05) is 43.3 Å². The fraction of sp³-hybridized carbons (Fsp3) is 0.182. The molecule has 148 valence electrons. The van der Waals surface area contributed by atoms with Crippen LogP contribution in [0.2, 0.25) is 0 Å². The van der Waals surface area contributed by atoms with Gasteiger partial charge in [-0.05, 0) is 30.5 Å². The number of carboxylic acid groups (broad SMARTS) is 1. The van der Waals surface area contributed by atoms with Gasteiger partial charge in [0.1, 0.15) is 12.4 Å². The molecule has 0 aliphatic heterocycles. The molecule has 0 spiro atoms. The van der Waals surface area contributed by atoms with E-state index in [1.165, 1.54) is 5.56 Å². The predicted octanol–water partition coefficient (Wildman–Crippen LogP) is 2.87. The number of rotatable bonds is 6. The molecule has 0 fully saturated rings. The maximum Gasteiger partial charge on any atom is 0.322 e. The molecule has 1 aromatic heterocycles. The van der Waals surface area contributed by atoms with Crippen LogP contribution in [0.5, 0.6) is 5.75 Å². The Kier molecular flexibility index (Phi) is 5.87. The molecule has 3 aromatic rings. The number of carboxylic acids is 1. The van der Waals surface area contributed by atoms with Crippen LogP contribution in [0, 0.1) is 13.8 Å². The summed E-state index contributed by atoms with van der Waals surface area (Å²) in [5.41, 5.74) is 4.38. The number of nitrogens with zero attached hydrogens (tertiary/aromatic N) is 2. The van der Waals surface area contributed by atoms with Gasteiger partial charge in [-0.2, -0.15) is 0 Å². The van der Waals surface area contributed by atoms with Crippen molar-refractivity contribution in [3.05, 3.63) is 76.9 Å². The van der Waals surface area contributed by atoms with Crippen LogP contribution in [0.4, 0.5) is 0 Å². The Bertz CT molecular complexity index is 1060. The molecule has 0 radical (unpaired) electrons. The Balaban J connectivity index is 1.81. The third kappa shape index (κ3) is 4.95. The van der Waals surface area contributed by atoms with Crippen molar-refractivity contribution in [3.8, 4) is 16.9 Å². The van der Waals surface area contributed by atoms with Crippen molar-refractivity contribution in [2.24, 2.45) is 0 Å². The highest BCUT2D eigenvalue weighted by molar-refractivity contribution is 5.96. The van der Waals surface area contributed by atoms with Gasteiger partial charge < -0.3 is 15.5 Å². The molecular formula is C22H21N3O4. The molecule has 0 unspecified atom stereocenters. The second-order valence-electron chi connectivity index (χ2n) is 6.74. The van der Waals surface area contributed by atoms with Crippen LogP contribution in [0.15, 0.2) is 48.5 Å². The topological polar surface area (TPSA) is 112 Å². The first kappa shape index (κ1) is 20.0. The van der Waals surface area contributed by atoms with Crippen LogP contribution in [0.1, 0.15) is 33.1 Å². The zero-order chi connectivity index (χ0) is 21.0. The van der Waals surface area contributed by atoms with E-state index in [1.54, 1.807) is 6.92 Å². The van der Waals surface area contributed by atoms with Crippen LogP contribution in [-0.4, -0.2) is 38.6 Å². The molecule has 29 heavy (non-hydrogen) atoms. The molecule has 7 nitrogen and oxygen atoms in total. The third-order valence-corrected chi connectivity index (χ3v) is 4.39. The fourth-order valence-electron chi connectivity index (χ4n) is 2.92. The van der Waals surface area contributed by atoms with E-state index in [0.717, 1.165) is 16.7 Å². The molecule has 0 aliphatic carbocycles. The summed E-state index contributed by atoms with van der Waals surface area (Å²) in [6, 6.07) is 16.2. The van der Waals surface area contributed by atoms with Crippen molar-refractivity contribution in [2.75, 3.05) is 6.54 Å². The van der Waals surface area contributed by atoms with Gasteiger partial charge in [-0.1, -0.05) is 54.1 Å². The fourth-order valence-corrected chi connectivity index (χ4v) is 2.92. The third-order valence-electron chi connectivity index (χ3n) is 4.39. The first-order valence-corrected chi connectivity index (χ1v) is 9.06. The van der Waals surface area contributed by atoms with Gasteiger partial charge in [0.2, 0.25) is 0 Å². The van der Waals surface area contributed by atoms with Gasteiger partial charge in [-0.3, -0.25) is 9.59 Å². The minimum atomic E-state index is -1.18. The number of aryl methyl sites for hydroxylation is 2. The molecule has 0 saturated carbocycles. The zero-order valence-corrected chi connectivity index (χ0v) is 16.1. The van der Waals surface area contributed by atoms with Crippen molar-refractivity contribution < 1.29 is 19.8 Å². The number of nitrogens with one attached hydrogen (secondary N) is 1. The second-order valence-corrected chi connectivity index (χ2v) is 6.74. The molecule has 3 N–H and O–H groups in total. The SMILES string of the molecule is Cc1cccc(-c2ccc(Cc3nc(C)c(O)c(C(=O)NCC(=O)O)n3)cc2)c1. The number of benzene rings is 2. The number of hydrogen-bond acceptors (Lipinski definition) is 5. The maximum absolute atomic E-state index is 12.1. The smallest absolute Gasteiger partial charge is 0.322 e. The summed E-state index contributed by atoms with van der Waals surface area (Å²) < 4.78 is 0. The minimum Gasteiger partial charge on any atom is -0.504 e. The van der Waals surface area contributed by atoms with Crippen molar-refractivity contribution in [2.45, 2.75) is 20.3 Å². The Morgan fingerprint density at radius 2 is 1.72 bits per heavy atom. The average molecular weight is 391 g/mol. The first-order valence-electron chi connectivity index (χ1n) is 9.06. The van der Waals surface area contributed by atoms with Gasteiger partial charge in [-0.25, -0.2) is 9.97 Å². The molecule has 3 rings (SSSR count). The highest BCUT2D eigenvalue weighted by Gasteiger charge is 2.18. The van der Waals surface area contributed by atoms with Crippen molar-refractivity contribution in [3.63, 3.8) is 0 Å². The van der Waals surface area contributed by atoms with Crippen LogP contribution in [0.25, 0.3) is 11.1 Å². The number of carbonyl (C=O) groups is 2. The number of aromatic hydroxyl groups is 1. The summed E-state index contributed by atoms with van der Waals surface area (Å²) in [6.45, 7) is 3.05. The lowest BCUT2D eigenvalue weighted by Gasteiger charge is -2.09. The lowest BCUT2D eigenvalue weighted by molar-refractivity contribution is -0.135. The summed E-state index contributed by atoms with van der Waals surface area (Å²) in [7, 11) is 0. The molecule has 0 aliphatic rings.